The van der Waals surface area contributed by atoms with Gasteiger partial charge >= 0.3 is 12.2 Å². The molecule has 200 valence electrons. The van der Waals surface area contributed by atoms with E-state index in [1.807, 2.05) is 23.1 Å². The van der Waals surface area contributed by atoms with Gasteiger partial charge in [-0.25, -0.2) is 14.8 Å². The summed E-state index contributed by atoms with van der Waals surface area (Å²) in [5.41, 5.74) is 1.94. The minimum absolute atomic E-state index is 0.0271. The van der Waals surface area contributed by atoms with Gasteiger partial charge in [0.2, 0.25) is 0 Å². The number of nitrogens with zero attached hydrogens (tertiary/aromatic N) is 8. The Balaban J connectivity index is 1.10. The Morgan fingerprint density at radius 2 is 1.97 bits per heavy atom. The van der Waals surface area contributed by atoms with Crippen molar-refractivity contribution in [2.45, 2.75) is 55.9 Å². The third kappa shape index (κ3) is 4.16. The zero-order valence-corrected chi connectivity index (χ0v) is 20.7. The Labute approximate surface area is 217 Å². The van der Waals surface area contributed by atoms with Crippen LogP contribution in [-0.4, -0.2) is 96.4 Å². The van der Waals surface area contributed by atoms with Crippen LogP contribution >= 0.6 is 0 Å². The minimum atomic E-state index is -4.39. The number of alkyl halides is 3. The van der Waals surface area contributed by atoms with Gasteiger partial charge in [0, 0.05) is 62.1 Å². The highest BCUT2D eigenvalue weighted by atomic mass is 19.4. The molecule has 3 fully saturated rings. The van der Waals surface area contributed by atoms with E-state index in [9.17, 15) is 23.2 Å². The fraction of sp³-hybridized carbons (Fsp3) is 0.560. The number of H-pyrrole nitrogens is 1. The molecule has 0 aromatic carbocycles. The number of likely N-dealkylation sites (tertiary alicyclic amines) is 1. The first-order valence-electron chi connectivity index (χ1n) is 12.9. The number of nitrogens with one attached hydrogen (secondary N) is 1. The highest BCUT2D eigenvalue weighted by Gasteiger charge is 2.51. The van der Waals surface area contributed by atoms with Gasteiger partial charge in [-0.15, -0.1) is 0 Å². The Hall–Kier alpha value is -3.66. The normalized spacial score (nSPS) is 26.5. The van der Waals surface area contributed by atoms with Crippen LogP contribution in [0, 0.1) is 11.3 Å². The van der Waals surface area contributed by atoms with E-state index < -0.39 is 23.8 Å². The molecule has 1 saturated carbocycles. The minimum Gasteiger partial charge on any atom is -0.346 e. The molecular formula is C25H28F3N9O. The van der Waals surface area contributed by atoms with Crippen LogP contribution in [0.3, 0.4) is 0 Å². The van der Waals surface area contributed by atoms with E-state index in [1.165, 1.54) is 6.33 Å². The van der Waals surface area contributed by atoms with Crippen molar-refractivity contribution in [3.8, 4) is 17.3 Å². The van der Waals surface area contributed by atoms with Gasteiger partial charge in [0.05, 0.1) is 29.9 Å². The van der Waals surface area contributed by atoms with Gasteiger partial charge in [-0.05, 0) is 31.7 Å². The lowest BCUT2D eigenvalue weighted by Crippen LogP contribution is -2.62. The largest absolute Gasteiger partial charge is 0.408 e. The maximum Gasteiger partial charge on any atom is 0.408 e. The average molecular weight is 528 g/mol. The molecule has 2 saturated heterocycles. The molecule has 3 aromatic rings. The Morgan fingerprint density at radius 1 is 1.18 bits per heavy atom. The molecule has 0 radical (unpaired) electrons. The van der Waals surface area contributed by atoms with Crippen molar-refractivity contribution in [3.63, 3.8) is 0 Å². The summed E-state index contributed by atoms with van der Waals surface area (Å²) in [6, 6.07) is 2.27. The van der Waals surface area contributed by atoms with Gasteiger partial charge in [0.25, 0.3) is 0 Å². The number of halogens is 3. The van der Waals surface area contributed by atoms with E-state index >= 15 is 0 Å². The molecule has 6 rings (SSSR count). The molecule has 2 aliphatic heterocycles. The lowest BCUT2D eigenvalue weighted by molar-refractivity contribution is -0.170. The quantitative estimate of drug-likeness (QED) is 0.557. The molecule has 2 amide bonds. The summed E-state index contributed by atoms with van der Waals surface area (Å²) >= 11 is 0. The van der Waals surface area contributed by atoms with Gasteiger partial charge in [-0.2, -0.15) is 23.5 Å². The van der Waals surface area contributed by atoms with Crippen molar-refractivity contribution >= 4 is 17.1 Å². The van der Waals surface area contributed by atoms with Crippen molar-refractivity contribution in [1.82, 2.24) is 39.4 Å². The fourth-order valence-electron chi connectivity index (χ4n) is 6.24. The monoisotopic (exact) mass is 527 g/mol. The molecule has 38 heavy (non-hydrogen) atoms. The summed E-state index contributed by atoms with van der Waals surface area (Å²) in [6.45, 7) is 2.14. The number of carbonyl (C=O) groups excluding carboxylic acids is 1. The number of aromatic nitrogens is 5. The van der Waals surface area contributed by atoms with Crippen molar-refractivity contribution < 1.29 is 18.0 Å². The molecule has 3 aliphatic rings. The Bertz CT molecular complexity index is 1360. The SMILES string of the molecule is N#CC[C@]1(n2cc(-c3ncnc4[nH]ccc34)cn2)C[C@H](N2CCN(C(=O)N3CCCC3C(F)(F)F)CC2)C1. The number of piperazine rings is 1. The fourth-order valence-corrected chi connectivity index (χ4v) is 6.24. The number of rotatable bonds is 4. The maximum absolute atomic E-state index is 13.3. The average Bonchev–Trinajstić information content (AvgIpc) is 3.65. The van der Waals surface area contributed by atoms with E-state index in [0.717, 1.165) is 40.0 Å². The first kappa shape index (κ1) is 24.7. The van der Waals surface area contributed by atoms with Crippen LogP contribution in [0.5, 0.6) is 0 Å². The molecule has 10 nitrogen and oxygen atoms in total. The number of nitriles is 1. The zero-order chi connectivity index (χ0) is 26.5. The van der Waals surface area contributed by atoms with Crippen molar-refractivity contribution in [2.75, 3.05) is 32.7 Å². The molecule has 13 heteroatoms. The van der Waals surface area contributed by atoms with Crippen molar-refractivity contribution in [1.29, 1.82) is 5.26 Å². The van der Waals surface area contributed by atoms with Gasteiger partial charge in [0.1, 0.15) is 18.0 Å². The second-order valence-electron chi connectivity index (χ2n) is 10.5. The number of fused-ring (bicyclic) bond motifs is 1. The highest BCUT2D eigenvalue weighted by molar-refractivity contribution is 5.90. The van der Waals surface area contributed by atoms with Crippen molar-refractivity contribution in [2.24, 2.45) is 0 Å². The predicted octanol–water partition coefficient (Wildman–Crippen LogP) is 3.36. The second-order valence-corrected chi connectivity index (χ2v) is 10.5. The van der Waals surface area contributed by atoms with Crippen LogP contribution < -0.4 is 0 Å². The molecular weight excluding hydrogens is 499 g/mol. The van der Waals surface area contributed by atoms with Crippen molar-refractivity contribution in [3.05, 3.63) is 31.0 Å². The third-order valence-corrected chi connectivity index (χ3v) is 8.31. The van der Waals surface area contributed by atoms with E-state index in [4.69, 9.17) is 0 Å². The number of aromatic amines is 1. The first-order valence-corrected chi connectivity index (χ1v) is 12.9. The third-order valence-electron chi connectivity index (χ3n) is 8.31. The summed E-state index contributed by atoms with van der Waals surface area (Å²) in [7, 11) is 0. The molecule has 0 bridgehead atoms. The summed E-state index contributed by atoms with van der Waals surface area (Å²) in [5, 5.41) is 15.1. The van der Waals surface area contributed by atoms with Gasteiger partial charge < -0.3 is 14.8 Å². The van der Waals surface area contributed by atoms with Gasteiger partial charge in [-0.3, -0.25) is 9.58 Å². The van der Waals surface area contributed by atoms with Crippen LogP contribution in [0.2, 0.25) is 0 Å². The van der Waals surface area contributed by atoms with Gasteiger partial charge in [0.15, 0.2) is 0 Å². The molecule has 3 aromatic heterocycles. The number of hydrogen-bond donors (Lipinski definition) is 1. The van der Waals surface area contributed by atoms with Crippen LogP contribution in [0.1, 0.15) is 32.1 Å². The van der Waals surface area contributed by atoms with Crippen LogP contribution in [0.4, 0.5) is 18.0 Å². The Morgan fingerprint density at radius 3 is 2.71 bits per heavy atom. The van der Waals surface area contributed by atoms with E-state index in [1.54, 1.807) is 11.1 Å². The summed E-state index contributed by atoms with van der Waals surface area (Å²) in [4.78, 5) is 29.4. The first-order chi connectivity index (χ1) is 18.3. The number of carbonyl (C=O) groups is 1. The van der Waals surface area contributed by atoms with Gasteiger partial charge in [-0.1, -0.05) is 0 Å². The summed E-state index contributed by atoms with van der Waals surface area (Å²) < 4.78 is 41.9. The topological polar surface area (TPSA) is 110 Å². The molecule has 0 spiro atoms. The highest BCUT2D eigenvalue weighted by Crippen LogP contribution is 2.45. The smallest absolute Gasteiger partial charge is 0.346 e. The maximum atomic E-state index is 13.3. The number of amides is 2. The Kier molecular flexibility index (Phi) is 6.02. The molecule has 1 N–H and O–H groups in total. The lowest BCUT2D eigenvalue weighted by Gasteiger charge is -2.52. The standard InChI is InChI=1S/C25H28F3N9O/c26-25(27,28)20-2-1-7-36(20)23(38)35-10-8-34(9-11-35)18-12-24(13-18,4-5-29)37-15-17(14-33-37)21-19-3-6-30-22(19)32-16-31-21/h3,6,14-16,18,20H,1-2,4,7-13H2,(H,30,31,32)/t18-,20?,24-. The summed E-state index contributed by atoms with van der Waals surface area (Å²) in [6.07, 6.45) is 4.77. The number of hydrogen-bond acceptors (Lipinski definition) is 6. The second kappa shape index (κ2) is 9.27. The van der Waals surface area contributed by atoms with Crippen LogP contribution in [0.15, 0.2) is 31.0 Å². The van der Waals surface area contributed by atoms with E-state index in [0.29, 0.717) is 39.0 Å². The number of urea groups is 1. The summed E-state index contributed by atoms with van der Waals surface area (Å²) in [5.74, 6) is 0. The zero-order valence-electron chi connectivity index (χ0n) is 20.7. The van der Waals surface area contributed by atoms with E-state index in [2.05, 4.69) is 31.0 Å². The molecule has 5 heterocycles. The van der Waals surface area contributed by atoms with E-state index in [-0.39, 0.29) is 19.0 Å². The molecule has 1 unspecified atom stereocenters. The molecule has 1 aliphatic carbocycles. The van der Waals surface area contributed by atoms with Crippen LogP contribution in [-0.2, 0) is 5.54 Å². The predicted molar refractivity (Wildman–Crippen MR) is 131 cm³/mol. The molecule has 1 atom stereocenters. The van der Waals surface area contributed by atoms with Crippen LogP contribution in [0.25, 0.3) is 22.3 Å². The lowest BCUT2D eigenvalue weighted by atomic mass is 9.70.